The molecule has 0 radical (unpaired) electrons. The number of carbonyl (C=O) groups is 2. The molecule has 0 saturated heterocycles. The predicted molar refractivity (Wildman–Crippen MR) is 93.8 cm³/mol. The molecule has 0 aliphatic heterocycles. The molecule has 0 bridgehead atoms. The quantitative estimate of drug-likeness (QED) is 0.601. The molecule has 1 N–H and O–H groups in total. The van der Waals surface area contributed by atoms with E-state index in [1.807, 2.05) is 30.3 Å². The van der Waals surface area contributed by atoms with E-state index in [4.69, 9.17) is 4.74 Å². The summed E-state index contributed by atoms with van der Waals surface area (Å²) in [6.07, 6.45) is 2.62. The van der Waals surface area contributed by atoms with E-state index < -0.39 is 5.97 Å². The number of carbonyl (C=O) groups excluding carboxylic acids is 2. The summed E-state index contributed by atoms with van der Waals surface area (Å²) < 4.78 is 5.08. The lowest BCUT2D eigenvalue weighted by atomic mass is 10.1. The van der Waals surface area contributed by atoms with Crippen LogP contribution in [0.2, 0.25) is 0 Å². The van der Waals surface area contributed by atoms with E-state index in [1.165, 1.54) is 11.3 Å². The highest BCUT2D eigenvalue weighted by Gasteiger charge is 2.19. The van der Waals surface area contributed by atoms with Crippen LogP contribution in [0.25, 0.3) is 10.4 Å². The number of esters is 1. The van der Waals surface area contributed by atoms with Gasteiger partial charge in [-0.1, -0.05) is 36.4 Å². The summed E-state index contributed by atoms with van der Waals surface area (Å²) in [6, 6.07) is 11.5. The molecule has 23 heavy (non-hydrogen) atoms. The lowest BCUT2D eigenvalue weighted by molar-refractivity contribution is -0.116. The van der Waals surface area contributed by atoms with Crippen LogP contribution in [0.5, 0.6) is 0 Å². The van der Waals surface area contributed by atoms with E-state index in [1.54, 1.807) is 19.1 Å². The molecular weight excluding hydrogens is 310 g/mol. The van der Waals surface area contributed by atoms with Gasteiger partial charge < -0.3 is 10.1 Å². The molecule has 1 heterocycles. The second-order valence-electron chi connectivity index (χ2n) is 4.82. The third kappa shape index (κ3) is 4.53. The van der Waals surface area contributed by atoms with Gasteiger partial charge in [-0.3, -0.25) is 4.79 Å². The van der Waals surface area contributed by atoms with Crippen LogP contribution in [-0.4, -0.2) is 18.5 Å². The van der Waals surface area contributed by atoms with Crippen molar-refractivity contribution < 1.29 is 14.3 Å². The minimum absolute atomic E-state index is 0.142. The van der Waals surface area contributed by atoms with Gasteiger partial charge in [0.1, 0.15) is 5.00 Å². The van der Waals surface area contributed by atoms with Gasteiger partial charge in [-0.25, -0.2) is 4.79 Å². The Morgan fingerprint density at radius 3 is 2.70 bits per heavy atom. The molecule has 2 rings (SSSR count). The summed E-state index contributed by atoms with van der Waals surface area (Å²) in [4.78, 5) is 25.0. The topological polar surface area (TPSA) is 55.4 Å². The van der Waals surface area contributed by atoms with Crippen LogP contribution in [0.1, 0.15) is 30.1 Å². The van der Waals surface area contributed by atoms with Gasteiger partial charge in [0.2, 0.25) is 5.91 Å². The van der Waals surface area contributed by atoms with E-state index >= 15 is 0 Å². The van der Waals surface area contributed by atoms with E-state index in [0.29, 0.717) is 30.0 Å². The number of benzene rings is 1. The zero-order valence-corrected chi connectivity index (χ0v) is 13.8. The number of nitrogens with one attached hydrogen (secondary N) is 1. The number of anilines is 1. The first-order valence-corrected chi connectivity index (χ1v) is 8.24. The van der Waals surface area contributed by atoms with E-state index in [-0.39, 0.29) is 5.91 Å². The average molecular weight is 329 g/mol. The maximum atomic E-state index is 12.1. The predicted octanol–water partition coefficient (Wildman–Crippen LogP) is 4.50. The summed E-state index contributed by atoms with van der Waals surface area (Å²) in [6.45, 7) is 5.65. The number of ether oxygens (including phenoxy) is 1. The molecule has 4 nitrogen and oxygen atoms in total. The lowest BCUT2D eigenvalue weighted by Crippen LogP contribution is -2.13. The van der Waals surface area contributed by atoms with Gasteiger partial charge in [0.25, 0.3) is 0 Å². The number of allylic oxidation sites excluding steroid dienone is 1. The minimum Gasteiger partial charge on any atom is -0.462 e. The summed E-state index contributed by atoms with van der Waals surface area (Å²) >= 11 is 1.37. The Morgan fingerprint density at radius 1 is 1.30 bits per heavy atom. The van der Waals surface area contributed by atoms with Gasteiger partial charge >= 0.3 is 5.97 Å². The van der Waals surface area contributed by atoms with Crippen LogP contribution in [0.4, 0.5) is 5.00 Å². The van der Waals surface area contributed by atoms with Crippen molar-refractivity contribution in [2.24, 2.45) is 0 Å². The van der Waals surface area contributed by atoms with Crippen molar-refractivity contribution in [2.45, 2.75) is 19.8 Å². The maximum Gasteiger partial charge on any atom is 0.341 e. The number of amides is 1. The monoisotopic (exact) mass is 329 g/mol. The smallest absolute Gasteiger partial charge is 0.341 e. The fourth-order valence-electron chi connectivity index (χ4n) is 2.01. The van der Waals surface area contributed by atoms with Crippen LogP contribution in [0.3, 0.4) is 0 Å². The molecule has 0 aliphatic rings. The Hall–Kier alpha value is -2.40. The fraction of sp³-hybridized carbons (Fsp3) is 0.222. The van der Waals surface area contributed by atoms with Crippen molar-refractivity contribution in [2.75, 3.05) is 11.9 Å². The zero-order valence-electron chi connectivity index (χ0n) is 13.0. The normalized spacial score (nSPS) is 10.1. The summed E-state index contributed by atoms with van der Waals surface area (Å²) in [5, 5.41) is 3.33. The molecule has 1 amide bonds. The van der Waals surface area contributed by atoms with Crippen LogP contribution in [0.15, 0.2) is 49.1 Å². The Kier molecular flexibility index (Phi) is 6.11. The number of thiophene rings is 1. The van der Waals surface area contributed by atoms with Crippen LogP contribution >= 0.6 is 11.3 Å². The Balaban J connectivity index is 2.30. The highest BCUT2D eigenvalue weighted by Crippen LogP contribution is 2.36. The average Bonchev–Trinajstić information content (AvgIpc) is 2.98. The minimum atomic E-state index is -0.426. The van der Waals surface area contributed by atoms with Gasteiger partial charge in [0.05, 0.1) is 12.2 Å². The van der Waals surface area contributed by atoms with E-state index in [0.717, 1.165) is 10.4 Å². The van der Waals surface area contributed by atoms with Gasteiger partial charge in [0.15, 0.2) is 0 Å². The summed E-state index contributed by atoms with van der Waals surface area (Å²) in [5.41, 5.74) is 1.39. The molecular formula is C18H19NO3S. The number of hydrogen-bond donors (Lipinski definition) is 1. The fourth-order valence-corrected chi connectivity index (χ4v) is 3.08. The van der Waals surface area contributed by atoms with E-state index in [2.05, 4.69) is 11.9 Å². The van der Waals surface area contributed by atoms with Crippen molar-refractivity contribution >= 4 is 28.2 Å². The third-order valence-corrected chi connectivity index (χ3v) is 4.21. The van der Waals surface area contributed by atoms with Crippen LogP contribution in [0, 0.1) is 0 Å². The van der Waals surface area contributed by atoms with Crippen molar-refractivity contribution in [3.05, 3.63) is 54.6 Å². The Morgan fingerprint density at radius 2 is 2.04 bits per heavy atom. The maximum absolute atomic E-state index is 12.1. The molecule has 0 aliphatic carbocycles. The standard InChI is InChI=1S/C18H19NO3S/c1-3-5-11-16(20)19-17-14(18(21)22-4-2)12-15(23-17)13-9-7-6-8-10-13/h3,6-10,12H,1,4-5,11H2,2H3,(H,19,20). The molecule has 0 atom stereocenters. The first kappa shape index (κ1) is 17.0. The van der Waals surface area contributed by atoms with Crippen LogP contribution in [-0.2, 0) is 9.53 Å². The molecule has 5 heteroatoms. The molecule has 0 spiro atoms. The van der Waals surface area contributed by atoms with Crippen molar-refractivity contribution in [3.8, 4) is 10.4 Å². The molecule has 0 saturated carbocycles. The zero-order chi connectivity index (χ0) is 16.7. The summed E-state index contributed by atoms with van der Waals surface area (Å²) in [7, 11) is 0. The van der Waals surface area contributed by atoms with Crippen molar-refractivity contribution in [1.29, 1.82) is 0 Å². The molecule has 120 valence electrons. The Labute approximate surface area is 139 Å². The summed E-state index contributed by atoms with van der Waals surface area (Å²) in [5.74, 6) is -0.568. The molecule has 0 fully saturated rings. The van der Waals surface area contributed by atoms with Gasteiger partial charge in [0, 0.05) is 11.3 Å². The first-order chi connectivity index (χ1) is 11.2. The van der Waals surface area contributed by atoms with Crippen molar-refractivity contribution in [3.63, 3.8) is 0 Å². The highest BCUT2D eigenvalue weighted by atomic mass is 32.1. The number of rotatable bonds is 7. The molecule has 2 aromatic rings. The highest BCUT2D eigenvalue weighted by molar-refractivity contribution is 7.20. The Bertz CT molecular complexity index is 692. The second-order valence-corrected chi connectivity index (χ2v) is 5.87. The van der Waals surface area contributed by atoms with Crippen molar-refractivity contribution in [1.82, 2.24) is 0 Å². The third-order valence-electron chi connectivity index (χ3n) is 3.11. The lowest BCUT2D eigenvalue weighted by Gasteiger charge is -2.05. The van der Waals surface area contributed by atoms with Gasteiger partial charge in [-0.2, -0.15) is 0 Å². The van der Waals surface area contributed by atoms with Crippen LogP contribution < -0.4 is 5.32 Å². The number of hydrogen-bond acceptors (Lipinski definition) is 4. The SMILES string of the molecule is C=CCCC(=O)Nc1sc(-c2ccccc2)cc1C(=O)OCC. The van der Waals surface area contributed by atoms with Gasteiger partial charge in [-0.05, 0) is 25.0 Å². The molecule has 1 aromatic heterocycles. The largest absolute Gasteiger partial charge is 0.462 e. The molecule has 0 unspecified atom stereocenters. The molecule has 1 aromatic carbocycles. The second kappa shape index (κ2) is 8.29. The van der Waals surface area contributed by atoms with Gasteiger partial charge in [-0.15, -0.1) is 17.9 Å². The van der Waals surface area contributed by atoms with E-state index in [9.17, 15) is 9.59 Å². The first-order valence-electron chi connectivity index (χ1n) is 7.42.